The molecule has 1 aromatic carbocycles. The average Bonchev–Trinajstić information content (AvgIpc) is 3.01. The van der Waals surface area contributed by atoms with Crippen molar-refractivity contribution in [2.45, 2.75) is 76.6 Å². The first-order valence-electron chi connectivity index (χ1n) is 11.6. The Labute approximate surface area is 183 Å². The minimum absolute atomic E-state index is 0.224. The lowest BCUT2D eigenvalue weighted by atomic mass is 10.0. The second kappa shape index (κ2) is 9.92. The first-order chi connectivity index (χ1) is 15.0. The van der Waals surface area contributed by atoms with Gasteiger partial charge in [-0.3, -0.25) is 0 Å². The van der Waals surface area contributed by atoms with Crippen LogP contribution in [0.3, 0.4) is 0 Å². The van der Waals surface area contributed by atoms with E-state index >= 15 is 0 Å². The van der Waals surface area contributed by atoms with Crippen LogP contribution in [0.15, 0.2) is 29.3 Å². The highest BCUT2D eigenvalue weighted by Crippen LogP contribution is 2.28. The highest BCUT2D eigenvalue weighted by molar-refractivity contribution is 6.04. The third kappa shape index (κ3) is 5.52. The molecule has 1 unspecified atom stereocenters. The second-order valence-electron chi connectivity index (χ2n) is 8.96. The summed E-state index contributed by atoms with van der Waals surface area (Å²) in [5.41, 5.74) is 7.59. The smallest absolute Gasteiger partial charge is 0.144 e. The molecule has 2 fully saturated rings. The van der Waals surface area contributed by atoms with Crippen molar-refractivity contribution in [3.8, 4) is 0 Å². The Kier molecular flexibility index (Phi) is 7.02. The molecule has 1 aliphatic carbocycles. The third-order valence-electron chi connectivity index (χ3n) is 6.48. The molecule has 0 bridgehead atoms. The number of aliphatic hydroxyl groups excluding tert-OH is 1. The molecule has 1 aromatic heterocycles. The summed E-state index contributed by atoms with van der Waals surface area (Å²) in [6, 6.07) is 7.58. The summed E-state index contributed by atoms with van der Waals surface area (Å²) in [4.78, 5) is 11.2. The zero-order valence-corrected chi connectivity index (χ0v) is 18.4. The highest BCUT2D eigenvalue weighted by Gasteiger charge is 2.25. The lowest BCUT2D eigenvalue weighted by Crippen LogP contribution is -2.46. The van der Waals surface area contributed by atoms with E-state index in [1.54, 1.807) is 13.0 Å². The van der Waals surface area contributed by atoms with Gasteiger partial charge in [-0.15, -0.1) is 0 Å². The predicted molar refractivity (Wildman–Crippen MR) is 124 cm³/mol. The standard InChI is InChI=1S/C24H34FN5O/c1-16(31)27-23(26)21-15-17-14-18(25)8-9-22(17)29-24(21)30-12-10-20(11-13-30)28-19-6-4-2-3-5-7-19/h8-9,14-16,19-20,28,31H,2-7,10-13H2,1H3,(H2,26,27). The van der Waals surface area contributed by atoms with Crippen LogP contribution in [-0.2, 0) is 0 Å². The Hall–Kier alpha value is -2.25. The summed E-state index contributed by atoms with van der Waals surface area (Å²) in [6.45, 7) is 3.31. The van der Waals surface area contributed by atoms with Crippen molar-refractivity contribution in [1.29, 1.82) is 0 Å². The van der Waals surface area contributed by atoms with Crippen molar-refractivity contribution >= 4 is 22.6 Å². The zero-order valence-electron chi connectivity index (χ0n) is 18.4. The molecule has 0 spiro atoms. The van der Waals surface area contributed by atoms with Crippen LogP contribution in [0.2, 0.25) is 0 Å². The third-order valence-corrected chi connectivity index (χ3v) is 6.48. The number of halogens is 1. The van der Waals surface area contributed by atoms with Crippen molar-refractivity contribution in [3.63, 3.8) is 0 Å². The van der Waals surface area contributed by atoms with E-state index in [0.717, 1.165) is 37.3 Å². The Bertz CT molecular complexity index is 916. The van der Waals surface area contributed by atoms with Crippen molar-refractivity contribution in [1.82, 2.24) is 10.3 Å². The summed E-state index contributed by atoms with van der Waals surface area (Å²) in [6.07, 6.45) is 9.18. The number of anilines is 1. The number of pyridine rings is 1. The number of rotatable bonds is 5. The molecule has 2 heterocycles. The number of aliphatic hydroxyl groups is 1. The molecule has 1 atom stereocenters. The molecular weight excluding hydrogens is 393 g/mol. The van der Waals surface area contributed by atoms with E-state index in [2.05, 4.69) is 15.2 Å². The molecule has 4 N–H and O–H groups in total. The fourth-order valence-electron chi connectivity index (χ4n) is 4.87. The van der Waals surface area contributed by atoms with E-state index in [1.165, 1.54) is 50.7 Å². The molecule has 7 heteroatoms. The molecule has 0 radical (unpaired) electrons. The minimum Gasteiger partial charge on any atom is -0.383 e. The summed E-state index contributed by atoms with van der Waals surface area (Å²) in [7, 11) is 0. The lowest BCUT2D eigenvalue weighted by Gasteiger charge is -2.36. The molecule has 6 nitrogen and oxygen atoms in total. The van der Waals surface area contributed by atoms with Gasteiger partial charge in [0, 0.05) is 30.6 Å². The van der Waals surface area contributed by atoms with Crippen LogP contribution in [0.25, 0.3) is 10.9 Å². The number of aromatic nitrogens is 1. The molecule has 2 aliphatic rings. The Balaban J connectivity index is 1.53. The van der Waals surface area contributed by atoms with Crippen LogP contribution in [0.1, 0.15) is 63.9 Å². The molecule has 4 rings (SSSR count). The lowest BCUT2D eigenvalue weighted by molar-refractivity contribution is 0.205. The average molecular weight is 428 g/mol. The number of fused-ring (bicyclic) bond motifs is 1. The number of aliphatic imine (C=N–C) groups is 1. The van der Waals surface area contributed by atoms with Gasteiger partial charge in [0.15, 0.2) is 0 Å². The van der Waals surface area contributed by atoms with Gasteiger partial charge in [-0.25, -0.2) is 14.4 Å². The van der Waals surface area contributed by atoms with E-state index in [1.807, 2.05) is 6.07 Å². The first kappa shape index (κ1) is 22.0. The van der Waals surface area contributed by atoms with Gasteiger partial charge in [0.05, 0.1) is 11.1 Å². The van der Waals surface area contributed by atoms with E-state index in [9.17, 15) is 9.50 Å². The maximum absolute atomic E-state index is 13.7. The number of benzene rings is 1. The summed E-state index contributed by atoms with van der Waals surface area (Å²) >= 11 is 0. The zero-order chi connectivity index (χ0) is 21.8. The Morgan fingerprint density at radius 1 is 1.13 bits per heavy atom. The van der Waals surface area contributed by atoms with Crippen LogP contribution in [-0.4, -0.2) is 47.3 Å². The molecular formula is C24H34FN5O. The normalized spacial score (nSPS) is 20.7. The Morgan fingerprint density at radius 3 is 2.48 bits per heavy atom. The van der Waals surface area contributed by atoms with Crippen LogP contribution in [0.5, 0.6) is 0 Å². The van der Waals surface area contributed by atoms with Crippen LogP contribution < -0.4 is 16.0 Å². The van der Waals surface area contributed by atoms with Gasteiger partial charge in [-0.2, -0.15) is 0 Å². The molecule has 168 valence electrons. The number of piperidine rings is 1. The van der Waals surface area contributed by atoms with Gasteiger partial charge >= 0.3 is 0 Å². The molecule has 31 heavy (non-hydrogen) atoms. The van der Waals surface area contributed by atoms with Crippen LogP contribution >= 0.6 is 0 Å². The van der Waals surface area contributed by atoms with Crippen molar-refractivity contribution in [2.24, 2.45) is 10.7 Å². The van der Waals surface area contributed by atoms with E-state index < -0.39 is 6.23 Å². The maximum Gasteiger partial charge on any atom is 0.144 e. The summed E-state index contributed by atoms with van der Waals surface area (Å²) in [5.74, 6) is 0.667. The highest BCUT2D eigenvalue weighted by atomic mass is 19.1. The van der Waals surface area contributed by atoms with Gasteiger partial charge in [-0.05, 0) is 56.9 Å². The second-order valence-corrected chi connectivity index (χ2v) is 8.96. The fraction of sp³-hybridized carbons (Fsp3) is 0.583. The van der Waals surface area contributed by atoms with Gasteiger partial charge in [-0.1, -0.05) is 25.7 Å². The number of hydrogen-bond acceptors (Lipinski definition) is 5. The largest absolute Gasteiger partial charge is 0.383 e. The quantitative estimate of drug-likeness (QED) is 0.385. The monoisotopic (exact) mass is 427 g/mol. The molecule has 0 amide bonds. The van der Waals surface area contributed by atoms with Gasteiger partial charge in [0.25, 0.3) is 0 Å². The topological polar surface area (TPSA) is 86.8 Å². The predicted octanol–water partition coefficient (Wildman–Crippen LogP) is 3.70. The summed E-state index contributed by atoms with van der Waals surface area (Å²) < 4.78 is 13.7. The molecule has 2 aromatic rings. The number of nitrogens with zero attached hydrogens (tertiary/aromatic N) is 3. The maximum atomic E-state index is 13.7. The fourth-order valence-corrected chi connectivity index (χ4v) is 4.87. The molecule has 1 saturated carbocycles. The number of nitrogens with two attached hydrogens (primary N) is 1. The van der Waals surface area contributed by atoms with Crippen LogP contribution in [0, 0.1) is 5.82 Å². The van der Waals surface area contributed by atoms with Gasteiger partial charge < -0.3 is 21.1 Å². The Morgan fingerprint density at radius 2 is 1.81 bits per heavy atom. The molecule has 1 aliphatic heterocycles. The summed E-state index contributed by atoms with van der Waals surface area (Å²) in [5, 5.41) is 14.3. The van der Waals surface area contributed by atoms with Crippen LogP contribution in [0.4, 0.5) is 10.2 Å². The van der Waals surface area contributed by atoms with Gasteiger partial charge in [0.2, 0.25) is 0 Å². The number of amidine groups is 1. The van der Waals surface area contributed by atoms with Crippen molar-refractivity contribution < 1.29 is 9.50 Å². The van der Waals surface area contributed by atoms with E-state index in [-0.39, 0.29) is 11.7 Å². The van der Waals surface area contributed by atoms with Gasteiger partial charge in [0.1, 0.15) is 23.7 Å². The van der Waals surface area contributed by atoms with Crippen molar-refractivity contribution in [3.05, 3.63) is 35.6 Å². The van der Waals surface area contributed by atoms with E-state index in [4.69, 9.17) is 10.7 Å². The van der Waals surface area contributed by atoms with Crippen molar-refractivity contribution in [2.75, 3.05) is 18.0 Å². The molecule has 1 saturated heterocycles. The minimum atomic E-state index is -0.912. The van der Waals surface area contributed by atoms with E-state index in [0.29, 0.717) is 23.0 Å². The SMILES string of the molecule is CC(O)N=C(N)c1cc2cc(F)ccc2nc1N1CCC(NC2CCCCCC2)CC1. The first-order valence-corrected chi connectivity index (χ1v) is 11.6. The number of nitrogens with one attached hydrogen (secondary N) is 1. The number of hydrogen-bond donors (Lipinski definition) is 3.